The molecule has 0 aliphatic heterocycles. The summed E-state index contributed by atoms with van der Waals surface area (Å²) >= 11 is 0. The number of hydrogen-bond donors (Lipinski definition) is 1. The van der Waals surface area contributed by atoms with Gasteiger partial charge in [-0.1, -0.05) is 12.1 Å². The van der Waals surface area contributed by atoms with E-state index in [4.69, 9.17) is 9.84 Å². The van der Waals surface area contributed by atoms with Gasteiger partial charge < -0.3 is 9.84 Å². The third kappa shape index (κ3) is 4.60. The zero-order chi connectivity index (χ0) is 14.3. The van der Waals surface area contributed by atoms with Crippen LogP contribution in [0.4, 0.5) is 0 Å². The number of ether oxygens (including phenoxy) is 1. The molecule has 0 aromatic heterocycles. The average Bonchev–Trinajstić information content (AvgIpc) is 2.39. The van der Waals surface area contributed by atoms with Gasteiger partial charge >= 0.3 is 5.97 Å². The Bertz CT molecular complexity index is 451. The lowest BCUT2D eigenvalue weighted by Crippen LogP contribution is -2.26. The van der Waals surface area contributed by atoms with Crippen LogP contribution in [-0.4, -0.2) is 36.2 Å². The second-order valence-corrected chi connectivity index (χ2v) is 4.16. The van der Waals surface area contributed by atoms with Gasteiger partial charge in [0.15, 0.2) is 0 Å². The molecule has 1 aromatic rings. The number of hydrogen-bond acceptors (Lipinski definition) is 4. The average molecular weight is 262 g/mol. The second-order valence-electron chi connectivity index (χ2n) is 4.16. The maximum absolute atomic E-state index is 10.5. The van der Waals surface area contributed by atoms with Crippen LogP contribution < -0.4 is 4.74 Å². The largest absolute Gasteiger partial charge is 0.494 e. The molecule has 1 rings (SSSR count). The first-order valence-corrected chi connectivity index (χ1v) is 6.13. The van der Waals surface area contributed by atoms with Crippen molar-refractivity contribution in [3.05, 3.63) is 29.8 Å². The van der Waals surface area contributed by atoms with E-state index >= 15 is 0 Å². The minimum absolute atomic E-state index is 0.0196. The summed E-state index contributed by atoms with van der Waals surface area (Å²) in [6.45, 7) is 2.84. The van der Waals surface area contributed by atoms with Crippen LogP contribution >= 0.6 is 0 Å². The molecule has 102 valence electrons. The molecule has 1 N–H and O–H groups in total. The van der Waals surface area contributed by atoms with Crippen molar-refractivity contribution in [2.45, 2.75) is 19.4 Å². The predicted molar refractivity (Wildman–Crippen MR) is 70.8 cm³/mol. The van der Waals surface area contributed by atoms with Crippen molar-refractivity contribution in [2.24, 2.45) is 0 Å². The van der Waals surface area contributed by atoms with Gasteiger partial charge in [0, 0.05) is 6.54 Å². The molecule has 0 spiro atoms. The lowest BCUT2D eigenvalue weighted by molar-refractivity contribution is -0.137. The Labute approximate surface area is 113 Å². The van der Waals surface area contributed by atoms with Crippen LogP contribution in [0.3, 0.4) is 0 Å². The number of carboxylic acids is 1. The molecule has 0 saturated carbocycles. The molecule has 0 aliphatic carbocycles. The lowest BCUT2D eigenvalue weighted by atomic mass is 10.1. The van der Waals surface area contributed by atoms with E-state index in [1.54, 1.807) is 11.9 Å². The van der Waals surface area contributed by atoms with Crippen molar-refractivity contribution in [3.8, 4) is 11.8 Å². The Kier molecular flexibility index (Phi) is 5.83. The molecule has 1 atom stereocenters. The van der Waals surface area contributed by atoms with Crippen LogP contribution in [0.5, 0.6) is 5.75 Å². The Morgan fingerprint density at radius 3 is 2.58 bits per heavy atom. The Morgan fingerprint density at radius 1 is 1.47 bits per heavy atom. The quantitative estimate of drug-likeness (QED) is 0.814. The third-order valence-corrected chi connectivity index (χ3v) is 2.75. The van der Waals surface area contributed by atoms with Crippen molar-refractivity contribution in [1.29, 1.82) is 5.26 Å². The summed E-state index contributed by atoms with van der Waals surface area (Å²) < 4.78 is 5.34. The molecular formula is C14H18N2O3. The van der Waals surface area contributed by atoms with Gasteiger partial charge in [-0.05, 0) is 31.7 Å². The van der Waals surface area contributed by atoms with Crippen molar-refractivity contribution < 1.29 is 14.6 Å². The normalized spacial score (nSPS) is 11.9. The summed E-state index contributed by atoms with van der Waals surface area (Å²) in [7, 11) is 1.74. The number of benzene rings is 1. The van der Waals surface area contributed by atoms with Gasteiger partial charge in [0.05, 0.1) is 19.1 Å². The van der Waals surface area contributed by atoms with Gasteiger partial charge in [0.1, 0.15) is 11.8 Å². The maximum atomic E-state index is 10.5. The van der Waals surface area contributed by atoms with E-state index in [-0.39, 0.29) is 6.42 Å². The highest BCUT2D eigenvalue weighted by Gasteiger charge is 2.17. The van der Waals surface area contributed by atoms with E-state index in [0.717, 1.165) is 11.3 Å². The first-order valence-electron chi connectivity index (χ1n) is 6.13. The van der Waals surface area contributed by atoms with E-state index in [1.165, 1.54) is 0 Å². The molecule has 0 bridgehead atoms. The van der Waals surface area contributed by atoms with Crippen LogP contribution in [-0.2, 0) is 4.79 Å². The fraction of sp³-hybridized carbons (Fsp3) is 0.429. The number of nitrogens with zero attached hydrogens (tertiary/aromatic N) is 2. The minimum atomic E-state index is -0.866. The van der Waals surface area contributed by atoms with Crippen LogP contribution in [0, 0.1) is 11.3 Å². The summed E-state index contributed by atoms with van der Waals surface area (Å²) in [5.74, 6) is -0.105. The summed E-state index contributed by atoms with van der Waals surface area (Å²) in [6.07, 6.45) is 0.0196. The monoisotopic (exact) mass is 262 g/mol. The molecule has 19 heavy (non-hydrogen) atoms. The van der Waals surface area contributed by atoms with Crippen LogP contribution in [0.25, 0.3) is 0 Å². The fourth-order valence-electron chi connectivity index (χ4n) is 1.74. The zero-order valence-corrected chi connectivity index (χ0v) is 11.2. The number of carboxylic acid groups (broad SMARTS) is 1. The maximum Gasteiger partial charge on any atom is 0.304 e. The highest BCUT2D eigenvalue weighted by atomic mass is 16.5. The number of aliphatic carboxylic acids is 1. The van der Waals surface area contributed by atoms with Gasteiger partial charge in [0.2, 0.25) is 0 Å². The number of carbonyl (C=O) groups is 1. The van der Waals surface area contributed by atoms with Gasteiger partial charge in [-0.15, -0.1) is 0 Å². The van der Waals surface area contributed by atoms with Crippen molar-refractivity contribution in [1.82, 2.24) is 4.90 Å². The SMILES string of the molecule is CCOc1ccc(C(C#N)N(C)CCC(=O)O)cc1. The van der Waals surface area contributed by atoms with Gasteiger partial charge in [-0.25, -0.2) is 0 Å². The Hall–Kier alpha value is -2.06. The van der Waals surface area contributed by atoms with Crippen LogP contribution in [0.1, 0.15) is 24.9 Å². The fourth-order valence-corrected chi connectivity index (χ4v) is 1.74. The molecule has 0 amide bonds. The third-order valence-electron chi connectivity index (χ3n) is 2.75. The molecular weight excluding hydrogens is 244 g/mol. The number of nitriles is 1. The molecule has 1 aromatic carbocycles. The summed E-state index contributed by atoms with van der Waals surface area (Å²) in [4.78, 5) is 12.3. The van der Waals surface area contributed by atoms with Gasteiger partial charge in [-0.2, -0.15) is 5.26 Å². The molecule has 0 radical (unpaired) electrons. The molecule has 0 saturated heterocycles. The number of rotatable bonds is 7. The highest BCUT2D eigenvalue weighted by Crippen LogP contribution is 2.21. The standard InChI is InChI=1S/C14H18N2O3/c1-3-19-12-6-4-11(5-7-12)13(10-15)16(2)9-8-14(17)18/h4-7,13H,3,8-9H2,1-2H3,(H,17,18). The zero-order valence-electron chi connectivity index (χ0n) is 11.2. The summed E-state index contributed by atoms with van der Waals surface area (Å²) in [5.41, 5.74) is 0.832. The first-order chi connectivity index (χ1) is 9.08. The molecule has 5 nitrogen and oxygen atoms in total. The van der Waals surface area contributed by atoms with Crippen LogP contribution in [0.2, 0.25) is 0 Å². The minimum Gasteiger partial charge on any atom is -0.494 e. The van der Waals surface area contributed by atoms with Gasteiger partial charge in [0.25, 0.3) is 0 Å². The van der Waals surface area contributed by atoms with Crippen LogP contribution in [0.15, 0.2) is 24.3 Å². The van der Waals surface area contributed by atoms with E-state index in [2.05, 4.69) is 6.07 Å². The molecule has 0 aliphatic rings. The molecule has 0 heterocycles. The molecule has 5 heteroatoms. The van der Waals surface area contributed by atoms with Crippen molar-refractivity contribution >= 4 is 5.97 Å². The lowest BCUT2D eigenvalue weighted by Gasteiger charge is -2.22. The first kappa shape index (κ1) is 15.0. The Morgan fingerprint density at radius 2 is 2.11 bits per heavy atom. The predicted octanol–water partition coefficient (Wildman–Crippen LogP) is 2.06. The van der Waals surface area contributed by atoms with Crippen molar-refractivity contribution in [2.75, 3.05) is 20.2 Å². The van der Waals surface area contributed by atoms with E-state index in [1.807, 2.05) is 31.2 Å². The smallest absolute Gasteiger partial charge is 0.304 e. The Balaban J connectivity index is 2.73. The van der Waals surface area contributed by atoms with Crippen molar-refractivity contribution in [3.63, 3.8) is 0 Å². The van der Waals surface area contributed by atoms with E-state index < -0.39 is 12.0 Å². The van der Waals surface area contributed by atoms with Gasteiger partial charge in [-0.3, -0.25) is 9.69 Å². The second kappa shape index (κ2) is 7.39. The molecule has 0 fully saturated rings. The van der Waals surface area contributed by atoms with E-state index in [9.17, 15) is 10.1 Å². The topological polar surface area (TPSA) is 73.6 Å². The summed E-state index contributed by atoms with van der Waals surface area (Å²) in [5, 5.41) is 17.9. The summed E-state index contributed by atoms with van der Waals surface area (Å²) in [6, 6.07) is 9.02. The van der Waals surface area contributed by atoms with E-state index in [0.29, 0.717) is 13.2 Å². The highest BCUT2D eigenvalue weighted by molar-refractivity contribution is 5.66. The molecule has 1 unspecified atom stereocenters.